The predicted molar refractivity (Wildman–Crippen MR) is 263 cm³/mol. The molecule has 0 aromatic heterocycles. The predicted octanol–water partition coefficient (Wildman–Crippen LogP) is 7.48. The van der Waals surface area contributed by atoms with Crippen LogP contribution in [0.4, 0.5) is 0 Å². The average Bonchev–Trinajstić information content (AvgIpc) is 3.32. The van der Waals surface area contributed by atoms with Gasteiger partial charge >= 0.3 is 19.8 Å². The van der Waals surface area contributed by atoms with E-state index in [2.05, 4.69) is 43.4 Å². The number of aliphatic hydroxyl groups excluding tert-OH is 7. The maximum absolute atomic E-state index is 13.6. The molecule has 2 rings (SSSR count). The van der Waals surface area contributed by atoms with Crippen LogP contribution in [0.1, 0.15) is 168 Å². The van der Waals surface area contributed by atoms with Crippen molar-refractivity contribution in [1.82, 2.24) is 0 Å². The minimum Gasteiger partial charge on any atom is -0.462 e. The highest BCUT2D eigenvalue weighted by molar-refractivity contribution is 7.47. The fraction of sp³-hybridized carbons (Fsp3) is 0.750. The van der Waals surface area contributed by atoms with E-state index in [9.17, 15) is 59.6 Å². The summed E-state index contributed by atoms with van der Waals surface area (Å²) in [5.74, 6) is -5.08. The zero-order valence-corrected chi connectivity index (χ0v) is 42.2. The summed E-state index contributed by atoms with van der Waals surface area (Å²) < 4.78 is 34.7. The van der Waals surface area contributed by atoms with Crippen molar-refractivity contribution in [3.8, 4) is 0 Å². The summed E-state index contributed by atoms with van der Waals surface area (Å²) in [6.45, 7) is 2.78. The summed E-state index contributed by atoms with van der Waals surface area (Å²) in [5, 5.41) is 78.5. The highest BCUT2D eigenvalue weighted by atomic mass is 31.2. The number of Topliss-reactive ketones (excluding diaryl/α,β-unsaturated/α-hetero) is 1. The number of ketones is 1. The molecule has 1 aliphatic carbocycles. The summed E-state index contributed by atoms with van der Waals surface area (Å²) in [6.07, 6.45) is 18.0. The van der Waals surface area contributed by atoms with Crippen LogP contribution >= 0.6 is 7.82 Å². The number of allylic oxidation sites excluding steroid dienone is 8. The van der Waals surface area contributed by atoms with Crippen LogP contribution in [0.25, 0.3) is 0 Å². The minimum absolute atomic E-state index is 0.0869. The molecule has 1 aliphatic heterocycles. The van der Waals surface area contributed by atoms with Crippen LogP contribution in [0.2, 0.25) is 0 Å². The first-order chi connectivity index (χ1) is 33.1. The molecule has 2 bridgehead atoms. The molecule has 12 atom stereocenters. The largest absolute Gasteiger partial charge is 0.472 e. The summed E-state index contributed by atoms with van der Waals surface area (Å²) in [4.78, 5) is 50.1. The van der Waals surface area contributed by atoms with E-state index < -0.39 is 112 Å². The molecule has 0 aromatic carbocycles. The van der Waals surface area contributed by atoms with Crippen LogP contribution in [0.15, 0.2) is 60.8 Å². The standard InChI is InChI=1S/C52H87O16P/c1-3-5-7-8-9-10-11-12-13-14-15-16-17-18-19-20-21-22-23-28-32-45(56)65-37-40-38-66-69(63,64)68-52-50(61)48(59)42(35-34-39(53)30-26-6-4-2)44(55)36-43(54)41(47(58)49(60)51(52)62)31-27-24-25-29-33-46(57)67-40/h10-11,13-14,16-17,24,27,34-35,39-42,44,47-53,55,58-62H,3-9,12,15,18-23,25-26,28-33,36-38H2,1-2H3,(H,63,64)/b11-10-,14-13-,17-16-,27-24-,35-34+/t39-,40+,41-,42-,44+,47+,48+,49-,50+,51+,52+/m0/s1. The first kappa shape index (κ1) is 62.3. The molecule has 2 aliphatic rings. The molecule has 0 spiro atoms. The van der Waals surface area contributed by atoms with Crippen LogP contribution in [-0.4, -0.2) is 127 Å². The second-order valence-electron chi connectivity index (χ2n) is 18.4. The van der Waals surface area contributed by atoms with Gasteiger partial charge in [0.2, 0.25) is 0 Å². The van der Waals surface area contributed by atoms with E-state index in [1.165, 1.54) is 43.9 Å². The molecule has 1 saturated carbocycles. The van der Waals surface area contributed by atoms with Crippen LogP contribution in [-0.2, 0) is 37.5 Å². The van der Waals surface area contributed by atoms with Crippen molar-refractivity contribution in [2.75, 3.05) is 13.2 Å². The SMILES string of the molecule is CCCCCC/C=C\C/C=C\C/C=C\CCCCCCCCC(=O)OC[C@@H]1COP(=O)(O)O[C@H]2[C@H](O)[C@@H](O)[C@H](O)[C@@H](C/C=C\CCCC(=O)O1)C(=O)C[C@@H](O)[C@H](/C=C/[C@@H](O)CCCCC)[C@@H](O)[C@H]2O. The van der Waals surface area contributed by atoms with Gasteiger partial charge in [0.05, 0.1) is 31.0 Å². The van der Waals surface area contributed by atoms with Crippen molar-refractivity contribution in [2.24, 2.45) is 11.8 Å². The molecule has 0 aromatic rings. The van der Waals surface area contributed by atoms with Gasteiger partial charge in [0.25, 0.3) is 0 Å². The molecule has 16 nitrogen and oxygen atoms in total. The molecule has 69 heavy (non-hydrogen) atoms. The van der Waals surface area contributed by atoms with Gasteiger partial charge in [-0.1, -0.05) is 139 Å². The van der Waals surface area contributed by atoms with E-state index in [4.69, 9.17) is 18.5 Å². The van der Waals surface area contributed by atoms with Gasteiger partial charge in [-0.15, -0.1) is 0 Å². The molecule has 1 fully saturated rings. The highest BCUT2D eigenvalue weighted by Gasteiger charge is 2.49. The quantitative estimate of drug-likeness (QED) is 0.0181. The number of phosphoric ester groups is 1. The highest BCUT2D eigenvalue weighted by Crippen LogP contribution is 2.47. The monoisotopic (exact) mass is 999 g/mol. The second kappa shape index (κ2) is 37.0. The molecule has 0 amide bonds. The Morgan fingerprint density at radius 1 is 0.768 bits per heavy atom. The number of phosphoric acid groups is 1. The number of carbonyl (C=O) groups excluding carboxylic acids is 3. The van der Waals surface area contributed by atoms with Gasteiger partial charge in [0.1, 0.15) is 36.8 Å². The fourth-order valence-electron chi connectivity index (χ4n) is 8.17. The van der Waals surface area contributed by atoms with Crippen LogP contribution in [0.5, 0.6) is 0 Å². The smallest absolute Gasteiger partial charge is 0.462 e. The maximum Gasteiger partial charge on any atom is 0.472 e. The third kappa shape index (κ3) is 27.0. The van der Waals surface area contributed by atoms with Gasteiger partial charge in [-0.05, 0) is 70.6 Å². The van der Waals surface area contributed by atoms with Gasteiger partial charge in [-0.3, -0.25) is 23.4 Å². The average molecular weight is 999 g/mol. The summed E-state index contributed by atoms with van der Waals surface area (Å²) >= 11 is 0. The summed E-state index contributed by atoms with van der Waals surface area (Å²) in [7, 11) is -5.46. The van der Waals surface area contributed by atoms with E-state index in [-0.39, 0.29) is 25.7 Å². The number of rotatable bonds is 26. The number of carbonyl (C=O) groups is 3. The van der Waals surface area contributed by atoms with Crippen molar-refractivity contribution in [3.05, 3.63) is 60.8 Å². The molecule has 8 N–H and O–H groups in total. The number of aliphatic hydroxyl groups is 7. The molecule has 396 valence electrons. The fourth-order valence-corrected chi connectivity index (χ4v) is 9.15. The molecular weight excluding hydrogens is 912 g/mol. The molecule has 0 radical (unpaired) electrons. The topological polar surface area (TPSA) is 267 Å². The zero-order chi connectivity index (χ0) is 50.9. The minimum atomic E-state index is -5.46. The number of unbranched alkanes of at least 4 members (excludes halogenated alkanes) is 12. The normalized spacial score (nSPS) is 30.5. The lowest BCUT2D eigenvalue weighted by Gasteiger charge is -2.36. The van der Waals surface area contributed by atoms with Crippen molar-refractivity contribution in [1.29, 1.82) is 0 Å². The Bertz CT molecular complexity index is 1610. The zero-order valence-electron chi connectivity index (χ0n) is 41.3. The molecule has 17 heteroatoms. The Morgan fingerprint density at radius 2 is 1.36 bits per heavy atom. The van der Waals surface area contributed by atoms with Crippen LogP contribution in [0, 0.1) is 11.8 Å². The third-order valence-electron chi connectivity index (χ3n) is 12.4. The Morgan fingerprint density at radius 3 is 2.03 bits per heavy atom. The summed E-state index contributed by atoms with van der Waals surface area (Å²) in [5.41, 5.74) is 0. The number of ether oxygens (including phenoxy) is 2. The number of fused-ring (bicyclic) bond motifs is 4. The third-order valence-corrected chi connectivity index (χ3v) is 13.4. The van der Waals surface area contributed by atoms with E-state index >= 15 is 0 Å². The lowest BCUT2D eigenvalue weighted by molar-refractivity contribution is -0.166. The van der Waals surface area contributed by atoms with E-state index in [0.29, 0.717) is 25.7 Å². The second-order valence-corrected chi connectivity index (χ2v) is 19.9. The van der Waals surface area contributed by atoms with E-state index in [0.717, 1.165) is 70.6 Å². The van der Waals surface area contributed by atoms with E-state index in [1.807, 2.05) is 6.92 Å². The number of hydrogen-bond donors (Lipinski definition) is 8. The van der Waals surface area contributed by atoms with E-state index in [1.54, 1.807) is 6.08 Å². The molecule has 0 saturated heterocycles. The van der Waals surface area contributed by atoms with Gasteiger partial charge in [-0.25, -0.2) is 4.57 Å². The van der Waals surface area contributed by atoms with Gasteiger partial charge < -0.3 is 50.1 Å². The Labute approximate surface area is 411 Å². The lowest BCUT2D eigenvalue weighted by Crippen LogP contribution is -2.55. The Hall–Kier alpha value is -2.86. The first-order valence-electron chi connectivity index (χ1n) is 25.7. The van der Waals surface area contributed by atoms with Crippen molar-refractivity contribution in [3.63, 3.8) is 0 Å². The van der Waals surface area contributed by atoms with Gasteiger partial charge in [0, 0.05) is 31.1 Å². The van der Waals surface area contributed by atoms with Crippen molar-refractivity contribution in [2.45, 2.75) is 223 Å². The Balaban J connectivity index is 2.03. The van der Waals surface area contributed by atoms with Gasteiger partial charge in [0.15, 0.2) is 6.10 Å². The molecule has 1 unspecified atom stereocenters. The lowest BCUT2D eigenvalue weighted by atomic mass is 9.84. The Kier molecular flexibility index (Phi) is 33.4. The van der Waals surface area contributed by atoms with Crippen LogP contribution < -0.4 is 0 Å². The summed E-state index contributed by atoms with van der Waals surface area (Å²) in [6, 6.07) is 0. The van der Waals surface area contributed by atoms with Crippen molar-refractivity contribution >= 4 is 25.5 Å². The number of esters is 2. The molecular formula is C52H87O16P. The first-order valence-corrected chi connectivity index (χ1v) is 27.2. The molecule has 1 heterocycles. The maximum atomic E-state index is 13.6. The van der Waals surface area contributed by atoms with Crippen molar-refractivity contribution < 1.29 is 78.1 Å². The number of cyclic esters (lactones) is 1. The number of hydrogen-bond acceptors (Lipinski definition) is 15. The van der Waals surface area contributed by atoms with Gasteiger partial charge in [-0.2, -0.15) is 0 Å². The van der Waals surface area contributed by atoms with Crippen LogP contribution in [0.3, 0.4) is 0 Å².